The zero-order valence-electron chi connectivity index (χ0n) is 14.6. The molecule has 25 heavy (non-hydrogen) atoms. The highest BCUT2D eigenvalue weighted by Crippen LogP contribution is 2.33. The van der Waals surface area contributed by atoms with Gasteiger partial charge in [-0.05, 0) is 31.9 Å². The molecular formula is C18H26N4O2S. The van der Waals surface area contributed by atoms with E-state index in [2.05, 4.69) is 40.5 Å². The second-order valence-corrected chi connectivity index (χ2v) is 8.53. The van der Waals surface area contributed by atoms with Gasteiger partial charge in [-0.15, -0.1) is 0 Å². The second-order valence-electron chi connectivity index (χ2n) is 7.26. The zero-order valence-corrected chi connectivity index (χ0v) is 15.4. The van der Waals surface area contributed by atoms with Crippen molar-refractivity contribution in [1.29, 1.82) is 0 Å². The summed E-state index contributed by atoms with van der Waals surface area (Å²) in [7, 11) is 0. The van der Waals surface area contributed by atoms with E-state index in [4.69, 9.17) is 0 Å². The van der Waals surface area contributed by atoms with Crippen molar-refractivity contribution in [2.24, 2.45) is 0 Å². The van der Waals surface area contributed by atoms with Gasteiger partial charge in [0.15, 0.2) is 0 Å². The van der Waals surface area contributed by atoms with Crippen molar-refractivity contribution < 1.29 is 9.59 Å². The van der Waals surface area contributed by atoms with Gasteiger partial charge in [0.1, 0.15) is 0 Å². The van der Waals surface area contributed by atoms with E-state index in [1.165, 1.54) is 5.69 Å². The van der Waals surface area contributed by atoms with Crippen molar-refractivity contribution in [2.75, 3.05) is 12.3 Å². The summed E-state index contributed by atoms with van der Waals surface area (Å²) in [6.07, 6.45) is 5.76. The number of unbranched alkanes of at least 4 members (excludes halogenated alkanes) is 1. The van der Waals surface area contributed by atoms with Crippen LogP contribution in [-0.2, 0) is 11.3 Å². The lowest BCUT2D eigenvalue weighted by atomic mass is 10.0. The minimum atomic E-state index is -0.0284. The maximum absolute atomic E-state index is 12.6. The Hall–Kier alpha value is -1.63. The molecule has 2 saturated heterocycles. The Kier molecular flexibility index (Phi) is 4.67. The lowest BCUT2D eigenvalue weighted by Crippen LogP contribution is -2.40. The molecule has 2 N–H and O–H groups in total. The molecule has 6 nitrogen and oxygen atoms in total. The van der Waals surface area contributed by atoms with Crippen molar-refractivity contribution in [3.63, 3.8) is 0 Å². The molecular weight excluding hydrogens is 336 g/mol. The molecule has 0 bridgehead atoms. The Morgan fingerprint density at radius 1 is 1.32 bits per heavy atom. The van der Waals surface area contributed by atoms with E-state index in [-0.39, 0.29) is 30.1 Å². The van der Waals surface area contributed by atoms with Crippen LogP contribution in [-0.4, -0.2) is 51.0 Å². The topological polar surface area (TPSA) is 66.4 Å². The molecule has 3 amide bonds. The molecule has 1 aromatic rings. The van der Waals surface area contributed by atoms with Crippen LogP contribution in [0.25, 0.3) is 0 Å². The van der Waals surface area contributed by atoms with Crippen LogP contribution < -0.4 is 10.6 Å². The van der Waals surface area contributed by atoms with Crippen LogP contribution in [0, 0.1) is 0 Å². The van der Waals surface area contributed by atoms with Crippen LogP contribution in [0.4, 0.5) is 4.79 Å². The predicted octanol–water partition coefficient (Wildman–Crippen LogP) is 2.12. The van der Waals surface area contributed by atoms with Crippen molar-refractivity contribution in [3.8, 4) is 0 Å². The summed E-state index contributed by atoms with van der Waals surface area (Å²) in [4.78, 5) is 26.0. The third-order valence-corrected chi connectivity index (χ3v) is 7.24. The number of rotatable bonds is 5. The van der Waals surface area contributed by atoms with E-state index >= 15 is 0 Å². The molecule has 0 saturated carbocycles. The van der Waals surface area contributed by atoms with Crippen molar-refractivity contribution >= 4 is 23.7 Å². The average molecular weight is 362 g/mol. The number of aromatic nitrogens is 1. The monoisotopic (exact) mass is 362 g/mol. The first kappa shape index (κ1) is 16.8. The Morgan fingerprint density at radius 3 is 3.08 bits per heavy atom. The number of carbonyl (C=O) groups excluding carboxylic acids is 2. The van der Waals surface area contributed by atoms with Crippen LogP contribution >= 0.6 is 11.8 Å². The second kappa shape index (κ2) is 6.94. The van der Waals surface area contributed by atoms with Gasteiger partial charge in [-0.25, -0.2) is 4.79 Å². The molecule has 3 aliphatic rings. The number of urea groups is 1. The molecule has 0 spiro atoms. The van der Waals surface area contributed by atoms with Gasteiger partial charge < -0.3 is 20.1 Å². The fourth-order valence-corrected chi connectivity index (χ4v) is 5.87. The minimum Gasteiger partial charge on any atom is -0.348 e. The quantitative estimate of drug-likeness (QED) is 0.623. The first-order chi connectivity index (χ1) is 12.1. The smallest absolute Gasteiger partial charge is 0.315 e. The maximum Gasteiger partial charge on any atom is 0.315 e. The Balaban J connectivity index is 1.22. The predicted molar refractivity (Wildman–Crippen MR) is 98.5 cm³/mol. The summed E-state index contributed by atoms with van der Waals surface area (Å²) in [6, 6.07) is 4.87. The first-order valence-electron chi connectivity index (χ1n) is 9.26. The average Bonchev–Trinajstić information content (AvgIpc) is 3.28. The number of fused-ring (bicyclic) bond motifs is 2. The molecule has 4 heterocycles. The van der Waals surface area contributed by atoms with Crippen LogP contribution in [0.2, 0.25) is 0 Å². The molecule has 0 aliphatic carbocycles. The van der Waals surface area contributed by atoms with E-state index < -0.39 is 0 Å². The van der Waals surface area contributed by atoms with Gasteiger partial charge in [-0.3, -0.25) is 4.79 Å². The Morgan fingerprint density at radius 2 is 2.20 bits per heavy atom. The summed E-state index contributed by atoms with van der Waals surface area (Å²) in [6.45, 7) is 3.82. The highest BCUT2D eigenvalue weighted by Gasteiger charge is 2.42. The largest absolute Gasteiger partial charge is 0.348 e. The van der Waals surface area contributed by atoms with Gasteiger partial charge in [-0.2, -0.15) is 11.8 Å². The summed E-state index contributed by atoms with van der Waals surface area (Å²) >= 11 is 1.94. The number of hydrogen-bond donors (Lipinski definition) is 2. The van der Waals surface area contributed by atoms with Gasteiger partial charge in [0.25, 0.3) is 0 Å². The van der Waals surface area contributed by atoms with Crippen molar-refractivity contribution in [3.05, 3.63) is 24.0 Å². The number of nitrogens with one attached hydrogen (secondary N) is 2. The molecule has 1 aromatic heterocycles. The normalized spacial score (nSPS) is 30.6. The van der Waals surface area contributed by atoms with E-state index in [0.29, 0.717) is 11.7 Å². The van der Waals surface area contributed by atoms with E-state index in [9.17, 15) is 9.59 Å². The molecule has 2 fully saturated rings. The summed E-state index contributed by atoms with van der Waals surface area (Å²) in [5.74, 6) is 1.27. The molecule has 4 rings (SSSR count). The molecule has 0 radical (unpaired) electrons. The van der Waals surface area contributed by atoms with Gasteiger partial charge >= 0.3 is 6.03 Å². The molecule has 7 heteroatoms. The van der Waals surface area contributed by atoms with Gasteiger partial charge in [0.05, 0.1) is 18.1 Å². The molecule has 3 aliphatic heterocycles. The van der Waals surface area contributed by atoms with Crippen LogP contribution in [0.5, 0.6) is 0 Å². The number of nitrogens with zero attached hydrogens (tertiary/aromatic N) is 2. The summed E-state index contributed by atoms with van der Waals surface area (Å²) in [5.41, 5.74) is 1.23. The van der Waals surface area contributed by atoms with Crippen molar-refractivity contribution in [1.82, 2.24) is 20.1 Å². The molecule has 136 valence electrons. The molecule has 0 unspecified atom stereocenters. The summed E-state index contributed by atoms with van der Waals surface area (Å²) in [5, 5.41) is 6.49. The lowest BCUT2D eigenvalue weighted by molar-refractivity contribution is -0.134. The standard InChI is InChI=1S/C18H26N4O2S/c1-12-14-5-4-8-21(14)9-10-22(12)16(23)7-3-2-6-15-17-13(11-25-15)19-18(24)20-17/h4-5,8,12-13,15,17H,2-3,6-7,9-11H2,1H3,(H2,19,20,24)/t12-,13-,15-,17-/m0/s1. The summed E-state index contributed by atoms with van der Waals surface area (Å²) < 4.78 is 2.24. The highest BCUT2D eigenvalue weighted by molar-refractivity contribution is 8.00. The number of thioether (sulfide) groups is 1. The van der Waals surface area contributed by atoms with Gasteiger partial charge in [-0.1, -0.05) is 6.42 Å². The van der Waals surface area contributed by atoms with Gasteiger partial charge in [0, 0.05) is 42.4 Å². The van der Waals surface area contributed by atoms with E-state index in [1.807, 2.05) is 16.7 Å². The highest BCUT2D eigenvalue weighted by atomic mass is 32.2. The van der Waals surface area contributed by atoms with Crippen LogP contribution in [0.3, 0.4) is 0 Å². The third kappa shape index (κ3) is 3.26. The van der Waals surface area contributed by atoms with Gasteiger partial charge in [0.2, 0.25) is 5.91 Å². The maximum atomic E-state index is 12.6. The number of carbonyl (C=O) groups is 2. The Labute approximate surface area is 152 Å². The minimum absolute atomic E-state index is 0.0284. The fourth-order valence-electron chi connectivity index (χ4n) is 4.33. The van der Waals surface area contributed by atoms with Crippen LogP contribution in [0.1, 0.15) is 44.3 Å². The fraction of sp³-hybridized carbons (Fsp3) is 0.667. The van der Waals surface area contributed by atoms with E-state index in [0.717, 1.165) is 38.1 Å². The first-order valence-corrected chi connectivity index (χ1v) is 10.3. The lowest BCUT2D eigenvalue weighted by Gasteiger charge is -2.35. The number of hydrogen-bond acceptors (Lipinski definition) is 3. The zero-order chi connectivity index (χ0) is 17.4. The number of amides is 3. The van der Waals surface area contributed by atoms with E-state index in [1.54, 1.807) is 0 Å². The van der Waals surface area contributed by atoms with Crippen molar-refractivity contribution in [2.45, 2.75) is 62.5 Å². The molecule has 4 atom stereocenters. The molecule has 0 aromatic carbocycles. The SMILES string of the molecule is C[C@H]1c2cccn2CCN1C(=O)CCCC[C@@H]1SC[C@@H]2NC(=O)N[C@@H]21. The third-order valence-electron chi connectivity index (χ3n) is 5.73. The van der Waals surface area contributed by atoms with Crippen LogP contribution in [0.15, 0.2) is 18.3 Å². The Bertz CT molecular complexity index is 661.